The Morgan fingerprint density at radius 3 is 2.53 bits per heavy atom. The first-order valence-electron chi connectivity index (χ1n) is 12.8. The number of nitrogens with zero attached hydrogens (tertiary/aromatic N) is 2. The van der Waals surface area contributed by atoms with Crippen LogP contribution in [0, 0.1) is 12.8 Å². The molecule has 0 aliphatic heterocycles. The van der Waals surface area contributed by atoms with Gasteiger partial charge >= 0.3 is 0 Å². The third-order valence-corrected chi connectivity index (χ3v) is 6.77. The van der Waals surface area contributed by atoms with E-state index in [1.54, 1.807) is 23.0 Å². The minimum absolute atomic E-state index is 0.0325. The summed E-state index contributed by atoms with van der Waals surface area (Å²) in [6, 6.07) is 12.3. The molecular formula is C30H35N3O3. The Balaban J connectivity index is 1.66. The summed E-state index contributed by atoms with van der Waals surface area (Å²) in [5.74, 6) is 0.385. The molecule has 6 heteroatoms. The lowest BCUT2D eigenvalue weighted by Gasteiger charge is -2.25. The number of benzene rings is 1. The first kappa shape index (κ1) is 25.5. The van der Waals surface area contributed by atoms with Crippen LogP contribution in [-0.4, -0.2) is 21.2 Å². The van der Waals surface area contributed by atoms with E-state index in [2.05, 4.69) is 10.3 Å². The first-order chi connectivity index (χ1) is 17.2. The largest absolute Gasteiger partial charge is 0.347 e. The highest BCUT2D eigenvalue weighted by molar-refractivity contribution is 5.82. The number of aromatic nitrogens is 2. The van der Waals surface area contributed by atoms with Crippen LogP contribution in [0.1, 0.15) is 81.1 Å². The lowest BCUT2D eigenvalue weighted by atomic mass is 9.96. The molecule has 0 bridgehead atoms. The second-order valence-electron chi connectivity index (χ2n) is 10.4. The van der Waals surface area contributed by atoms with Crippen molar-refractivity contribution in [1.29, 1.82) is 0 Å². The van der Waals surface area contributed by atoms with E-state index in [1.807, 2.05) is 63.4 Å². The van der Waals surface area contributed by atoms with E-state index in [0.29, 0.717) is 12.3 Å². The molecule has 3 aromatic rings. The number of nitrogens with one attached hydrogen (secondary N) is 1. The van der Waals surface area contributed by atoms with Gasteiger partial charge < -0.3 is 9.88 Å². The zero-order valence-corrected chi connectivity index (χ0v) is 21.5. The molecule has 0 unspecified atom stereocenters. The van der Waals surface area contributed by atoms with E-state index in [-0.39, 0.29) is 29.6 Å². The summed E-state index contributed by atoms with van der Waals surface area (Å²) in [7, 11) is 0. The van der Waals surface area contributed by atoms with Crippen LogP contribution < -0.4 is 10.9 Å². The van der Waals surface area contributed by atoms with Crippen molar-refractivity contribution in [2.24, 2.45) is 5.92 Å². The highest BCUT2D eigenvalue weighted by atomic mass is 16.2. The van der Waals surface area contributed by atoms with Gasteiger partial charge in [-0.25, -0.2) is 0 Å². The second kappa shape index (κ2) is 11.0. The third kappa shape index (κ3) is 6.17. The van der Waals surface area contributed by atoms with Crippen molar-refractivity contribution >= 4 is 11.7 Å². The average molecular weight is 486 g/mol. The van der Waals surface area contributed by atoms with Gasteiger partial charge in [-0.2, -0.15) is 0 Å². The van der Waals surface area contributed by atoms with Crippen molar-refractivity contribution < 1.29 is 9.59 Å². The summed E-state index contributed by atoms with van der Waals surface area (Å²) < 4.78 is 1.58. The van der Waals surface area contributed by atoms with Crippen LogP contribution in [0.3, 0.4) is 0 Å². The molecule has 2 atom stereocenters. The molecule has 4 rings (SSSR count). The summed E-state index contributed by atoms with van der Waals surface area (Å²) in [5, 5.41) is 3.09. The molecule has 0 spiro atoms. The molecule has 1 N–H and O–H groups in total. The van der Waals surface area contributed by atoms with E-state index in [0.717, 1.165) is 40.7 Å². The maximum atomic E-state index is 13.7. The molecule has 0 radical (unpaired) electrons. The predicted molar refractivity (Wildman–Crippen MR) is 142 cm³/mol. The zero-order valence-electron chi connectivity index (χ0n) is 21.5. The zero-order chi connectivity index (χ0) is 25.8. The van der Waals surface area contributed by atoms with Crippen molar-refractivity contribution in [3.8, 4) is 11.1 Å². The number of carbonyl (C=O) groups excluding carboxylic acids is 2. The van der Waals surface area contributed by atoms with Crippen LogP contribution in [-0.2, 0) is 9.59 Å². The van der Waals surface area contributed by atoms with Crippen molar-refractivity contribution in [3.63, 3.8) is 0 Å². The molecule has 1 fully saturated rings. The number of hydrogen-bond donors (Lipinski definition) is 1. The standard InChI is InChI=1S/C30H35N3O3/c1-19(2)13-28(33-18-23(22-9-10-22)11-12-29(33)35)30(36)32-27(14-21(4)34)25-15-24(16-31-17-25)26-8-6-5-7-20(26)3/h5-8,11-12,15-19,22,27-28H,9-10,13-14H2,1-4H3,(H,32,36)/t27-,28+/m1/s1. The SMILES string of the molecule is CC(=O)C[C@@H](NC(=O)[C@H](CC(C)C)n1cc(C2CC2)ccc1=O)c1cncc(-c2ccccc2C)c1. The number of hydrogen-bond acceptors (Lipinski definition) is 4. The van der Waals surface area contributed by atoms with E-state index in [4.69, 9.17) is 0 Å². The minimum atomic E-state index is -0.654. The number of amides is 1. The van der Waals surface area contributed by atoms with Crippen LogP contribution in [0.25, 0.3) is 11.1 Å². The van der Waals surface area contributed by atoms with E-state index < -0.39 is 12.1 Å². The van der Waals surface area contributed by atoms with Crippen LogP contribution in [0.4, 0.5) is 0 Å². The molecule has 188 valence electrons. The van der Waals surface area contributed by atoms with Crippen LogP contribution in [0.15, 0.2) is 65.8 Å². The van der Waals surface area contributed by atoms with Crippen molar-refractivity contribution in [2.45, 2.75) is 71.4 Å². The first-order valence-corrected chi connectivity index (χ1v) is 12.8. The summed E-state index contributed by atoms with van der Waals surface area (Å²) in [5.41, 5.74) is 4.79. The molecule has 36 heavy (non-hydrogen) atoms. The average Bonchev–Trinajstić information content (AvgIpc) is 3.68. The molecule has 1 aliphatic carbocycles. The molecule has 1 amide bonds. The van der Waals surface area contributed by atoms with Gasteiger partial charge in [-0.1, -0.05) is 44.2 Å². The Morgan fingerprint density at radius 1 is 1.11 bits per heavy atom. The van der Waals surface area contributed by atoms with Gasteiger partial charge in [-0.05, 0) is 73.3 Å². The number of pyridine rings is 2. The molecule has 0 saturated heterocycles. The van der Waals surface area contributed by atoms with Crippen LogP contribution in [0.2, 0.25) is 0 Å². The fourth-order valence-electron chi connectivity index (χ4n) is 4.72. The van der Waals surface area contributed by atoms with E-state index in [1.165, 1.54) is 6.92 Å². The van der Waals surface area contributed by atoms with Gasteiger partial charge in [-0.15, -0.1) is 0 Å². The Hall–Kier alpha value is -3.54. The van der Waals surface area contributed by atoms with Gasteiger partial charge in [0.25, 0.3) is 5.56 Å². The van der Waals surface area contributed by atoms with Crippen LogP contribution >= 0.6 is 0 Å². The van der Waals surface area contributed by atoms with Gasteiger partial charge in [0.05, 0.1) is 6.04 Å². The molecule has 1 aromatic carbocycles. The third-order valence-electron chi connectivity index (χ3n) is 6.77. The summed E-state index contributed by atoms with van der Waals surface area (Å²) in [4.78, 5) is 43.1. The Labute approximate surface area is 212 Å². The monoisotopic (exact) mass is 485 g/mol. The fraction of sp³-hybridized carbons (Fsp3) is 0.400. The second-order valence-corrected chi connectivity index (χ2v) is 10.4. The number of Topliss-reactive ketones (excluding diaryl/α,β-unsaturated/α-hetero) is 1. The van der Waals surface area contributed by atoms with Gasteiger partial charge in [0.2, 0.25) is 5.91 Å². The van der Waals surface area contributed by atoms with Gasteiger partial charge in [-0.3, -0.25) is 19.4 Å². The predicted octanol–water partition coefficient (Wildman–Crippen LogP) is 5.52. The quantitative estimate of drug-likeness (QED) is 0.410. The van der Waals surface area contributed by atoms with Crippen molar-refractivity contribution in [1.82, 2.24) is 14.9 Å². The van der Waals surface area contributed by atoms with Crippen molar-refractivity contribution in [2.75, 3.05) is 0 Å². The normalized spacial score (nSPS) is 14.9. The highest BCUT2D eigenvalue weighted by Crippen LogP contribution is 2.39. The van der Waals surface area contributed by atoms with Gasteiger partial charge in [0, 0.05) is 36.6 Å². The lowest BCUT2D eigenvalue weighted by molar-refractivity contribution is -0.126. The molecule has 2 heterocycles. The van der Waals surface area contributed by atoms with Gasteiger partial charge in [0.15, 0.2) is 0 Å². The molecular weight excluding hydrogens is 450 g/mol. The number of carbonyl (C=O) groups is 2. The van der Waals surface area contributed by atoms with E-state index in [9.17, 15) is 14.4 Å². The minimum Gasteiger partial charge on any atom is -0.347 e. The Kier molecular flexibility index (Phi) is 7.82. The maximum absolute atomic E-state index is 13.7. The fourth-order valence-corrected chi connectivity index (χ4v) is 4.72. The molecule has 1 saturated carbocycles. The van der Waals surface area contributed by atoms with E-state index >= 15 is 0 Å². The van der Waals surface area contributed by atoms with Gasteiger partial charge in [0.1, 0.15) is 11.8 Å². The Bertz CT molecular complexity index is 1310. The summed E-state index contributed by atoms with van der Waals surface area (Å²) in [6.45, 7) is 7.64. The number of aryl methyl sites for hydroxylation is 1. The number of ketones is 1. The lowest BCUT2D eigenvalue weighted by Crippen LogP contribution is -2.40. The molecule has 1 aliphatic rings. The number of rotatable bonds is 10. The summed E-state index contributed by atoms with van der Waals surface area (Å²) >= 11 is 0. The Morgan fingerprint density at radius 2 is 1.86 bits per heavy atom. The van der Waals surface area contributed by atoms with Crippen LogP contribution in [0.5, 0.6) is 0 Å². The molecule has 2 aromatic heterocycles. The maximum Gasteiger partial charge on any atom is 0.251 e. The highest BCUT2D eigenvalue weighted by Gasteiger charge is 2.29. The summed E-state index contributed by atoms with van der Waals surface area (Å²) in [6.07, 6.45) is 8.25. The smallest absolute Gasteiger partial charge is 0.251 e. The molecule has 6 nitrogen and oxygen atoms in total. The van der Waals surface area contributed by atoms with Crippen molar-refractivity contribution in [3.05, 3.63) is 88.1 Å². The topological polar surface area (TPSA) is 81.1 Å².